The van der Waals surface area contributed by atoms with Gasteiger partial charge >= 0.3 is 0 Å². The van der Waals surface area contributed by atoms with E-state index in [0.717, 1.165) is 37.2 Å². The van der Waals surface area contributed by atoms with Crippen LogP contribution in [0.4, 0.5) is 4.39 Å². The lowest BCUT2D eigenvalue weighted by Gasteiger charge is -2.30. The summed E-state index contributed by atoms with van der Waals surface area (Å²) in [6.45, 7) is 3.89. The molecule has 1 aliphatic carbocycles. The van der Waals surface area contributed by atoms with Gasteiger partial charge in [-0.25, -0.2) is 13.0 Å². The van der Waals surface area contributed by atoms with Crippen LogP contribution in [0, 0.1) is 5.92 Å². The normalized spacial score (nSPS) is 47.7. The van der Waals surface area contributed by atoms with Crippen molar-refractivity contribution in [3.63, 3.8) is 0 Å². The highest BCUT2D eigenvalue weighted by Crippen LogP contribution is 2.33. The van der Waals surface area contributed by atoms with Crippen molar-refractivity contribution in [3.8, 4) is 0 Å². The minimum Gasteiger partial charge on any atom is -0.250 e. The Labute approximate surface area is 105 Å². The first-order valence-corrected chi connectivity index (χ1v) is 8.64. The second kappa shape index (κ2) is 4.87. The Morgan fingerprint density at radius 2 is 1.71 bits per heavy atom. The van der Waals surface area contributed by atoms with Crippen molar-refractivity contribution in [3.05, 3.63) is 0 Å². The van der Waals surface area contributed by atoms with Crippen molar-refractivity contribution in [1.82, 2.24) is 0 Å². The molecule has 2 nitrogen and oxygen atoms in total. The Morgan fingerprint density at radius 3 is 2.24 bits per heavy atom. The highest BCUT2D eigenvalue weighted by atomic mass is 32.2. The fourth-order valence-corrected chi connectivity index (χ4v) is 5.41. The molecule has 0 aromatic carbocycles. The summed E-state index contributed by atoms with van der Waals surface area (Å²) in [5, 5.41) is 0. The first kappa shape index (κ1) is 13.3. The van der Waals surface area contributed by atoms with Crippen molar-refractivity contribution < 1.29 is 8.60 Å². The minimum absolute atomic E-state index is 0.153. The van der Waals surface area contributed by atoms with Crippen LogP contribution in [0.15, 0.2) is 4.36 Å². The summed E-state index contributed by atoms with van der Waals surface area (Å²) in [4.78, 5) is 0. The van der Waals surface area contributed by atoms with Gasteiger partial charge in [0.15, 0.2) is 0 Å². The van der Waals surface area contributed by atoms with Gasteiger partial charge in [-0.1, -0.05) is 6.92 Å². The van der Waals surface area contributed by atoms with Crippen LogP contribution >= 0.6 is 0 Å². The van der Waals surface area contributed by atoms with E-state index < -0.39 is 15.4 Å². The highest BCUT2D eigenvalue weighted by Gasteiger charge is 2.31. The molecule has 0 radical (unpaired) electrons. The summed E-state index contributed by atoms with van der Waals surface area (Å²) in [7, 11) is -1.96. The van der Waals surface area contributed by atoms with Crippen molar-refractivity contribution in [2.75, 3.05) is 11.5 Å². The van der Waals surface area contributed by atoms with Gasteiger partial charge in [0.2, 0.25) is 0 Å². The van der Waals surface area contributed by atoms with Crippen LogP contribution in [0.2, 0.25) is 0 Å². The van der Waals surface area contributed by atoms with Crippen molar-refractivity contribution in [2.24, 2.45) is 10.3 Å². The summed E-state index contributed by atoms with van der Waals surface area (Å²) in [5.74, 6) is 2.22. The molecule has 100 valence electrons. The van der Waals surface area contributed by atoms with E-state index >= 15 is 0 Å². The molecule has 2 fully saturated rings. The molecular weight excluding hydrogens is 237 g/mol. The summed E-state index contributed by atoms with van der Waals surface area (Å²) in [6, 6.07) is 0.153. The summed E-state index contributed by atoms with van der Waals surface area (Å²) >= 11 is 0. The molecular formula is C13H24FNOS. The van der Waals surface area contributed by atoms with Crippen LogP contribution in [0.5, 0.6) is 0 Å². The van der Waals surface area contributed by atoms with Crippen molar-refractivity contribution in [1.29, 1.82) is 0 Å². The Balaban J connectivity index is 1.98. The van der Waals surface area contributed by atoms with E-state index in [1.54, 1.807) is 6.92 Å². The third kappa shape index (κ3) is 3.67. The summed E-state index contributed by atoms with van der Waals surface area (Å²) in [6.07, 6.45) is 4.78. The molecule has 4 heteroatoms. The fraction of sp³-hybridized carbons (Fsp3) is 1.00. The molecule has 1 aliphatic heterocycles. The number of hydrogen-bond donors (Lipinski definition) is 0. The van der Waals surface area contributed by atoms with Gasteiger partial charge in [0.05, 0.1) is 6.04 Å². The number of halogens is 1. The maximum atomic E-state index is 13.7. The van der Waals surface area contributed by atoms with Crippen LogP contribution in [-0.4, -0.2) is 27.4 Å². The molecule has 0 aromatic heterocycles. The predicted octanol–water partition coefficient (Wildman–Crippen LogP) is 3.56. The molecule has 0 bridgehead atoms. The van der Waals surface area contributed by atoms with Crippen LogP contribution in [-0.2, 0) is 9.73 Å². The van der Waals surface area contributed by atoms with E-state index in [-0.39, 0.29) is 6.04 Å². The maximum absolute atomic E-state index is 13.7. The van der Waals surface area contributed by atoms with Gasteiger partial charge in [0.25, 0.3) is 0 Å². The number of alkyl halides is 1. The van der Waals surface area contributed by atoms with Gasteiger partial charge in [-0.3, -0.25) is 0 Å². The van der Waals surface area contributed by atoms with E-state index in [2.05, 4.69) is 11.3 Å². The summed E-state index contributed by atoms with van der Waals surface area (Å²) in [5.41, 5.74) is -1.02. The molecule has 0 N–H and O–H groups in total. The molecule has 1 heterocycles. The molecule has 0 unspecified atom stereocenters. The third-order valence-electron chi connectivity index (χ3n) is 4.20. The zero-order chi connectivity index (χ0) is 12.5. The second-order valence-corrected chi connectivity index (χ2v) is 8.69. The smallest absolute Gasteiger partial charge is 0.108 e. The van der Waals surface area contributed by atoms with Gasteiger partial charge in [-0.2, -0.15) is 0 Å². The van der Waals surface area contributed by atoms with Gasteiger partial charge in [0.1, 0.15) is 5.67 Å². The minimum atomic E-state index is -1.96. The van der Waals surface area contributed by atoms with E-state index in [4.69, 9.17) is 0 Å². The molecule has 1 saturated heterocycles. The topological polar surface area (TPSA) is 29.4 Å². The lowest BCUT2D eigenvalue weighted by atomic mass is 9.85. The molecule has 17 heavy (non-hydrogen) atoms. The zero-order valence-electron chi connectivity index (χ0n) is 11.0. The van der Waals surface area contributed by atoms with E-state index in [9.17, 15) is 8.60 Å². The van der Waals surface area contributed by atoms with Crippen LogP contribution in [0.1, 0.15) is 52.4 Å². The molecule has 1 saturated carbocycles. The van der Waals surface area contributed by atoms with Crippen LogP contribution in [0.3, 0.4) is 0 Å². The number of rotatable bonds is 1. The monoisotopic (exact) mass is 261 g/mol. The standard InChI is InChI=1S/C13H24FNOS/c1-11-5-9-17(16,10-6-11)15-12-3-7-13(2,14)8-4-12/h11-12H,3-10H2,1-2H3. The Hall–Kier alpha value is -0.120. The lowest BCUT2D eigenvalue weighted by molar-refractivity contribution is 0.121. The van der Waals surface area contributed by atoms with Gasteiger partial charge in [0, 0.05) is 21.2 Å². The van der Waals surface area contributed by atoms with E-state index in [1.165, 1.54) is 0 Å². The maximum Gasteiger partial charge on any atom is 0.108 e. The molecule has 2 rings (SSSR count). The largest absolute Gasteiger partial charge is 0.250 e. The molecule has 0 atom stereocenters. The second-order valence-electron chi connectivity index (χ2n) is 6.11. The quantitative estimate of drug-likeness (QED) is 0.709. The Bertz CT molecular complexity index is 361. The average Bonchev–Trinajstić information content (AvgIpc) is 2.26. The molecule has 0 amide bonds. The summed E-state index contributed by atoms with van der Waals surface area (Å²) < 4.78 is 30.8. The Kier molecular flexibility index (Phi) is 3.81. The first-order chi connectivity index (χ1) is 7.89. The fourth-order valence-electron chi connectivity index (χ4n) is 2.70. The van der Waals surface area contributed by atoms with E-state index in [1.807, 2.05) is 0 Å². The Morgan fingerprint density at radius 1 is 1.18 bits per heavy atom. The zero-order valence-corrected chi connectivity index (χ0v) is 11.8. The van der Waals surface area contributed by atoms with Crippen LogP contribution in [0.25, 0.3) is 0 Å². The SMILES string of the molecule is CC1CCS(=O)(=NC2CCC(C)(F)CC2)CC1. The van der Waals surface area contributed by atoms with Gasteiger partial charge in [-0.05, 0) is 51.4 Å². The molecule has 0 spiro atoms. The van der Waals surface area contributed by atoms with Crippen LogP contribution < -0.4 is 0 Å². The number of nitrogens with zero attached hydrogens (tertiary/aromatic N) is 1. The average molecular weight is 261 g/mol. The van der Waals surface area contributed by atoms with Crippen molar-refractivity contribution in [2.45, 2.75) is 64.1 Å². The van der Waals surface area contributed by atoms with Crippen molar-refractivity contribution >= 4 is 9.73 Å². The predicted molar refractivity (Wildman–Crippen MR) is 70.5 cm³/mol. The van der Waals surface area contributed by atoms with E-state index in [0.29, 0.717) is 18.8 Å². The van der Waals surface area contributed by atoms with Gasteiger partial charge < -0.3 is 0 Å². The van der Waals surface area contributed by atoms with Gasteiger partial charge in [-0.15, -0.1) is 0 Å². The number of hydrogen-bond acceptors (Lipinski definition) is 2. The third-order valence-corrected chi connectivity index (χ3v) is 6.63. The first-order valence-electron chi connectivity index (χ1n) is 6.79. The lowest BCUT2D eigenvalue weighted by Crippen LogP contribution is -2.30. The molecule has 2 aliphatic rings. The molecule has 0 aromatic rings. The highest BCUT2D eigenvalue weighted by molar-refractivity contribution is 7.93.